The zero-order valence-electron chi connectivity index (χ0n) is 18.7. The van der Waals surface area contributed by atoms with Crippen molar-refractivity contribution in [3.05, 3.63) is 58.9 Å². The first-order valence-electron chi connectivity index (χ1n) is 11.9. The molecule has 1 spiro atoms. The van der Waals surface area contributed by atoms with Crippen molar-refractivity contribution < 1.29 is 14.4 Å². The molecule has 1 aromatic heterocycles. The molecule has 0 aliphatic carbocycles. The van der Waals surface area contributed by atoms with Crippen molar-refractivity contribution in [2.24, 2.45) is 0 Å². The normalized spacial score (nSPS) is 24.7. The van der Waals surface area contributed by atoms with Crippen LogP contribution in [0.15, 0.2) is 36.5 Å². The highest BCUT2D eigenvalue weighted by atomic mass is 16.2. The molecule has 172 valence electrons. The molecular weight excluding hydrogens is 418 g/mol. The summed E-state index contributed by atoms with van der Waals surface area (Å²) in [5, 5.41) is 5.88. The molecule has 1 unspecified atom stereocenters. The lowest BCUT2D eigenvalue weighted by Crippen LogP contribution is -2.56. The van der Waals surface area contributed by atoms with Gasteiger partial charge in [-0.25, -0.2) is 0 Å². The largest absolute Gasteiger partial charge is 0.348 e. The Hall–Kier alpha value is -2.97. The standard InChI is InChI=1S/C25H29N5O3/c31-22-6-5-20(23(32)27-22)30-16-18-14-17(3-4-19(18)24(30)33)15-29-13-12-28-11-1-2-21(28)25(29)7-9-26-10-8-25/h1-4,11,14,20,26H,5-10,12-13,15-16H2,(H,27,31,32). The van der Waals surface area contributed by atoms with E-state index < -0.39 is 6.04 Å². The van der Waals surface area contributed by atoms with Gasteiger partial charge in [-0.3, -0.25) is 24.6 Å². The van der Waals surface area contributed by atoms with Crippen LogP contribution >= 0.6 is 0 Å². The van der Waals surface area contributed by atoms with Crippen LogP contribution in [0.4, 0.5) is 0 Å². The zero-order valence-corrected chi connectivity index (χ0v) is 18.7. The van der Waals surface area contributed by atoms with Crippen molar-refractivity contribution >= 4 is 17.7 Å². The van der Waals surface area contributed by atoms with Crippen molar-refractivity contribution in [2.75, 3.05) is 19.6 Å². The summed E-state index contributed by atoms with van der Waals surface area (Å²) in [4.78, 5) is 41.1. The third-order valence-corrected chi connectivity index (χ3v) is 7.91. The number of fused-ring (bicyclic) bond motifs is 3. The summed E-state index contributed by atoms with van der Waals surface area (Å²) in [7, 11) is 0. The lowest BCUT2D eigenvalue weighted by atomic mass is 9.81. The van der Waals surface area contributed by atoms with Gasteiger partial charge in [-0.2, -0.15) is 0 Å². The lowest BCUT2D eigenvalue weighted by molar-refractivity contribution is -0.136. The first kappa shape index (κ1) is 20.6. The molecule has 33 heavy (non-hydrogen) atoms. The number of hydrogen-bond donors (Lipinski definition) is 2. The second-order valence-electron chi connectivity index (χ2n) is 9.68. The molecule has 8 heteroatoms. The molecule has 3 amide bonds. The number of nitrogens with one attached hydrogen (secondary N) is 2. The van der Waals surface area contributed by atoms with Gasteiger partial charge in [0.05, 0.1) is 5.54 Å². The van der Waals surface area contributed by atoms with E-state index in [0.29, 0.717) is 18.5 Å². The summed E-state index contributed by atoms with van der Waals surface area (Å²) in [6.45, 7) is 5.28. The van der Waals surface area contributed by atoms with E-state index in [0.717, 1.165) is 51.1 Å². The fraction of sp³-hybridized carbons (Fsp3) is 0.480. The molecule has 2 aromatic rings. The van der Waals surface area contributed by atoms with Gasteiger partial charge in [0.2, 0.25) is 11.8 Å². The molecule has 0 bridgehead atoms. The van der Waals surface area contributed by atoms with Crippen molar-refractivity contribution in [3.63, 3.8) is 0 Å². The van der Waals surface area contributed by atoms with Crippen molar-refractivity contribution in [3.8, 4) is 0 Å². The maximum atomic E-state index is 13.0. The van der Waals surface area contributed by atoms with Crippen LogP contribution in [0.5, 0.6) is 0 Å². The summed E-state index contributed by atoms with van der Waals surface area (Å²) < 4.78 is 2.40. The fourth-order valence-electron chi connectivity index (χ4n) is 6.23. The third-order valence-electron chi connectivity index (χ3n) is 7.91. The van der Waals surface area contributed by atoms with Crippen molar-refractivity contribution in [2.45, 2.75) is 56.9 Å². The number of benzene rings is 1. The molecule has 0 saturated carbocycles. The van der Waals surface area contributed by atoms with Crippen LogP contribution in [0, 0.1) is 0 Å². The zero-order chi connectivity index (χ0) is 22.6. The quantitative estimate of drug-likeness (QED) is 0.694. The topological polar surface area (TPSA) is 86.7 Å². The van der Waals surface area contributed by atoms with Gasteiger partial charge in [0, 0.05) is 50.1 Å². The third kappa shape index (κ3) is 3.31. The van der Waals surface area contributed by atoms with Crippen LogP contribution in [0.2, 0.25) is 0 Å². The Bertz CT molecular complexity index is 1130. The minimum atomic E-state index is -0.570. The van der Waals surface area contributed by atoms with Crippen molar-refractivity contribution in [1.82, 2.24) is 25.0 Å². The minimum absolute atomic E-state index is 0.0423. The minimum Gasteiger partial charge on any atom is -0.348 e. The monoisotopic (exact) mass is 447 g/mol. The molecule has 4 aliphatic heterocycles. The van der Waals surface area contributed by atoms with Crippen LogP contribution in [0.25, 0.3) is 0 Å². The van der Waals surface area contributed by atoms with E-state index >= 15 is 0 Å². The van der Waals surface area contributed by atoms with Gasteiger partial charge in [0.15, 0.2) is 0 Å². The summed E-state index contributed by atoms with van der Waals surface area (Å²) in [5.74, 6) is -0.740. The van der Waals surface area contributed by atoms with Crippen LogP contribution < -0.4 is 10.6 Å². The molecule has 1 atom stereocenters. The van der Waals surface area contributed by atoms with Crippen LogP contribution in [0.1, 0.15) is 52.9 Å². The fourth-order valence-corrected chi connectivity index (χ4v) is 6.23. The number of amides is 3. The van der Waals surface area contributed by atoms with E-state index in [-0.39, 0.29) is 29.7 Å². The number of aromatic nitrogens is 1. The molecule has 2 fully saturated rings. The molecule has 2 saturated heterocycles. The second kappa shape index (κ2) is 7.81. The summed E-state index contributed by atoms with van der Waals surface area (Å²) >= 11 is 0. The maximum absolute atomic E-state index is 13.0. The Labute approximate surface area is 192 Å². The van der Waals surface area contributed by atoms with E-state index in [2.05, 4.69) is 50.6 Å². The Morgan fingerprint density at radius 2 is 1.91 bits per heavy atom. The molecular formula is C25H29N5O3. The van der Waals surface area contributed by atoms with Gasteiger partial charge in [-0.15, -0.1) is 0 Å². The van der Waals surface area contributed by atoms with E-state index in [1.54, 1.807) is 4.90 Å². The predicted molar refractivity (Wildman–Crippen MR) is 121 cm³/mol. The van der Waals surface area contributed by atoms with Gasteiger partial charge in [-0.1, -0.05) is 12.1 Å². The number of hydrogen-bond acceptors (Lipinski definition) is 5. The highest BCUT2D eigenvalue weighted by Gasteiger charge is 2.44. The molecule has 1 aromatic carbocycles. The maximum Gasteiger partial charge on any atom is 0.255 e. The first-order valence-corrected chi connectivity index (χ1v) is 11.9. The van der Waals surface area contributed by atoms with E-state index in [1.807, 2.05) is 6.07 Å². The Balaban J connectivity index is 1.24. The summed E-state index contributed by atoms with van der Waals surface area (Å²) in [6, 6.07) is 9.98. The summed E-state index contributed by atoms with van der Waals surface area (Å²) in [5.41, 5.74) is 4.30. The number of carbonyl (C=O) groups excluding carboxylic acids is 3. The molecule has 6 rings (SSSR count). The Morgan fingerprint density at radius 1 is 1.06 bits per heavy atom. The van der Waals surface area contributed by atoms with Gasteiger partial charge < -0.3 is 14.8 Å². The van der Waals surface area contributed by atoms with E-state index in [4.69, 9.17) is 0 Å². The smallest absolute Gasteiger partial charge is 0.255 e. The highest BCUT2D eigenvalue weighted by molar-refractivity contribution is 6.05. The van der Waals surface area contributed by atoms with Gasteiger partial charge in [0.1, 0.15) is 6.04 Å². The number of imide groups is 1. The number of piperidine rings is 2. The summed E-state index contributed by atoms with van der Waals surface area (Å²) in [6.07, 6.45) is 5.03. The van der Waals surface area contributed by atoms with E-state index in [1.165, 1.54) is 11.3 Å². The van der Waals surface area contributed by atoms with Gasteiger partial charge >= 0.3 is 0 Å². The highest BCUT2D eigenvalue weighted by Crippen LogP contribution is 2.41. The van der Waals surface area contributed by atoms with Crippen molar-refractivity contribution in [1.29, 1.82) is 0 Å². The second-order valence-corrected chi connectivity index (χ2v) is 9.68. The first-order chi connectivity index (χ1) is 16.0. The van der Waals surface area contributed by atoms with E-state index in [9.17, 15) is 14.4 Å². The van der Waals surface area contributed by atoms with Gasteiger partial charge in [0.25, 0.3) is 5.91 Å². The number of nitrogens with zero attached hydrogens (tertiary/aromatic N) is 3. The SMILES string of the molecule is O=C1CCC(N2Cc3cc(CN4CCn5cccc5C45CCNCC5)ccc3C2=O)C(=O)N1. The van der Waals surface area contributed by atoms with Gasteiger partial charge in [-0.05, 0) is 61.7 Å². The molecule has 8 nitrogen and oxygen atoms in total. The van der Waals surface area contributed by atoms with Crippen LogP contribution in [0.3, 0.4) is 0 Å². The van der Waals surface area contributed by atoms with Crippen LogP contribution in [-0.4, -0.2) is 57.8 Å². The molecule has 2 N–H and O–H groups in total. The number of rotatable bonds is 3. The average Bonchev–Trinajstić information content (AvgIpc) is 3.42. The molecule has 0 radical (unpaired) electrons. The molecule has 5 heterocycles. The lowest BCUT2D eigenvalue weighted by Gasteiger charge is -2.50. The molecule has 4 aliphatic rings. The van der Waals surface area contributed by atoms with Crippen LogP contribution in [-0.2, 0) is 34.8 Å². The average molecular weight is 448 g/mol. The Kier molecular flexibility index (Phi) is 4.88. The predicted octanol–water partition coefficient (Wildman–Crippen LogP) is 1.34. The number of carbonyl (C=O) groups is 3. The Morgan fingerprint density at radius 3 is 2.73 bits per heavy atom.